The van der Waals surface area contributed by atoms with Crippen molar-refractivity contribution >= 4 is 0 Å². The summed E-state index contributed by atoms with van der Waals surface area (Å²) in [6, 6.07) is 6.64. The highest BCUT2D eigenvalue weighted by Gasteiger charge is 2.35. The van der Waals surface area contributed by atoms with E-state index in [0.29, 0.717) is 12.1 Å². The van der Waals surface area contributed by atoms with Crippen LogP contribution in [0.5, 0.6) is 5.75 Å². The molecule has 0 saturated carbocycles. The molecule has 0 amide bonds. The molecule has 2 aromatic rings. The maximum Gasteiger partial charge on any atom is 0.573 e. The molecule has 0 spiro atoms. The first-order chi connectivity index (χ1) is 10.1. The van der Waals surface area contributed by atoms with Crippen molar-refractivity contribution in [2.75, 3.05) is 0 Å². The number of hydrogen-bond acceptors (Lipinski definition) is 1. The third-order valence-electron chi connectivity index (χ3n) is 2.70. The Morgan fingerprint density at radius 2 is 1.45 bits per heavy atom. The summed E-state index contributed by atoms with van der Waals surface area (Å²) in [7, 11) is 0. The van der Waals surface area contributed by atoms with Gasteiger partial charge in [-0.3, -0.25) is 0 Å². The number of ether oxygens (including phenoxy) is 1. The van der Waals surface area contributed by atoms with Crippen LogP contribution in [-0.2, 0) is 6.18 Å². The lowest BCUT2D eigenvalue weighted by molar-refractivity contribution is -0.274. The average Bonchev–Trinajstić information content (AvgIpc) is 2.35. The molecular formula is C14H7F7O. The normalized spacial score (nSPS) is 12.3. The van der Waals surface area contributed by atoms with Gasteiger partial charge >= 0.3 is 12.5 Å². The van der Waals surface area contributed by atoms with Crippen LogP contribution >= 0.6 is 0 Å². The maximum absolute atomic E-state index is 13.5. The molecule has 118 valence electrons. The minimum absolute atomic E-state index is 0.162. The summed E-state index contributed by atoms with van der Waals surface area (Å²) in [6.45, 7) is 0. The molecule has 0 aliphatic heterocycles. The highest BCUT2D eigenvalue weighted by atomic mass is 19.4. The smallest absolute Gasteiger partial charge is 0.405 e. The summed E-state index contributed by atoms with van der Waals surface area (Å²) < 4.78 is 91.6. The number of alkyl halides is 6. The Labute approximate surface area is 119 Å². The lowest BCUT2D eigenvalue weighted by Crippen LogP contribution is -2.17. The van der Waals surface area contributed by atoms with Crippen LogP contribution in [0.1, 0.15) is 5.56 Å². The molecule has 8 heteroatoms. The predicted octanol–water partition coefficient (Wildman–Crippen LogP) is 5.41. The number of para-hydroxylation sites is 1. The SMILES string of the molecule is Fc1cc(-c2ccccc2OC(F)(F)F)ccc1C(F)(F)F. The number of hydrogen-bond donors (Lipinski definition) is 0. The highest BCUT2D eigenvalue weighted by molar-refractivity contribution is 5.70. The zero-order valence-corrected chi connectivity index (χ0v) is 10.6. The summed E-state index contributed by atoms with van der Waals surface area (Å²) in [4.78, 5) is 0. The molecule has 0 heterocycles. The van der Waals surface area contributed by atoms with Gasteiger partial charge in [0.25, 0.3) is 0 Å². The molecule has 0 atom stereocenters. The fraction of sp³-hybridized carbons (Fsp3) is 0.143. The Morgan fingerprint density at radius 3 is 2.00 bits per heavy atom. The van der Waals surface area contributed by atoms with Gasteiger partial charge in [0.05, 0.1) is 5.56 Å². The van der Waals surface area contributed by atoms with E-state index in [2.05, 4.69) is 4.74 Å². The largest absolute Gasteiger partial charge is 0.573 e. The Hall–Kier alpha value is -2.25. The van der Waals surface area contributed by atoms with Crippen LogP contribution in [0.15, 0.2) is 42.5 Å². The Bertz CT molecular complexity index is 674. The van der Waals surface area contributed by atoms with Crippen molar-refractivity contribution in [3.05, 3.63) is 53.8 Å². The highest BCUT2D eigenvalue weighted by Crippen LogP contribution is 2.37. The molecule has 0 fully saturated rings. The molecule has 2 rings (SSSR count). The monoisotopic (exact) mass is 324 g/mol. The fourth-order valence-electron chi connectivity index (χ4n) is 1.83. The first-order valence-corrected chi connectivity index (χ1v) is 5.80. The van der Waals surface area contributed by atoms with Crippen molar-refractivity contribution in [1.82, 2.24) is 0 Å². The molecular weight excluding hydrogens is 317 g/mol. The topological polar surface area (TPSA) is 9.23 Å². The molecule has 2 aromatic carbocycles. The molecule has 22 heavy (non-hydrogen) atoms. The molecule has 0 aliphatic carbocycles. The fourth-order valence-corrected chi connectivity index (χ4v) is 1.83. The predicted molar refractivity (Wildman–Crippen MR) is 63.5 cm³/mol. The van der Waals surface area contributed by atoms with Crippen LogP contribution in [0.25, 0.3) is 11.1 Å². The van der Waals surface area contributed by atoms with E-state index in [1.165, 1.54) is 18.2 Å². The van der Waals surface area contributed by atoms with E-state index in [1.807, 2.05) is 0 Å². The van der Waals surface area contributed by atoms with Gasteiger partial charge in [0.15, 0.2) is 0 Å². The summed E-state index contributed by atoms with van der Waals surface area (Å²) >= 11 is 0. The third-order valence-corrected chi connectivity index (χ3v) is 2.70. The maximum atomic E-state index is 13.5. The second kappa shape index (κ2) is 5.51. The van der Waals surface area contributed by atoms with Gasteiger partial charge in [-0.2, -0.15) is 13.2 Å². The van der Waals surface area contributed by atoms with Gasteiger partial charge < -0.3 is 4.74 Å². The molecule has 1 nitrogen and oxygen atoms in total. The van der Waals surface area contributed by atoms with Gasteiger partial charge in [-0.25, -0.2) is 4.39 Å². The second-order valence-corrected chi connectivity index (χ2v) is 4.24. The van der Waals surface area contributed by atoms with Gasteiger partial charge in [-0.15, -0.1) is 13.2 Å². The van der Waals surface area contributed by atoms with E-state index in [1.54, 1.807) is 0 Å². The molecule has 0 aromatic heterocycles. The number of rotatable bonds is 2. The zero-order chi connectivity index (χ0) is 16.5. The lowest BCUT2D eigenvalue weighted by atomic mass is 10.0. The molecule has 0 aliphatic rings. The Balaban J connectivity index is 2.47. The van der Waals surface area contributed by atoms with Crippen LogP contribution in [0.2, 0.25) is 0 Å². The average molecular weight is 324 g/mol. The second-order valence-electron chi connectivity index (χ2n) is 4.24. The minimum atomic E-state index is -4.97. The zero-order valence-electron chi connectivity index (χ0n) is 10.6. The van der Waals surface area contributed by atoms with E-state index in [9.17, 15) is 30.7 Å². The lowest BCUT2D eigenvalue weighted by Gasteiger charge is -2.14. The van der Waals surface area contributed by atoms with E-state index >= 15 is 0 Å². The van der Waals surface area contributed by atoms with E-state index in [4.69, 9.17) is 0 Å². The van der Waals surface area contributed by atoms with Gasteiger partial charge in [-0.05, 0) is 23.8 Å². The van der Waals surface area contributed by atoms with Crippen molar-refractivity contribution in [3.63, 3.8) is 0 Å². The van der Waals surface area contributed by atoms with Gasteiger partial charge in [0.1, 0.15) is 11.6 Å². The summed E-state index contributed by atoms with van der Waals surface area (Å²) in [5.41, 5.74) is -1.83. The van der Waals surface area contributed by atoms with Gasteiger partial charge in [-0.1, -0.05) is 24.3 Å². The number of benzene rings is 2. The molecule has 0 bridgehead atoms. The summed E-state index contributed by atoms with van der Waals surface area (Å²) in [5.74, 6) is -2.21. The van der Waals surface area contributed by atoms with E-state index in [0.717, 1.165) is 12.1 Å². The number of halogens is 7. The van der Waals surface area contributed by atoms with Gasteiger partial charge in [0.2, 0.25) is 0 Å². The minimum Gasteiger partial charge on any atom is -0.405 e. The van der Waals surface area contributed by atoms with Crippen LogP contribution < -0.4 is 4.74 Å². The molecule has 0 N–H and O–H groups in total. The van der Waals surface area contributed by atoms with E-state index < -0.39 is 29.7 Å². The van der Waals surface area contributed by atoms with Crippen molar-refractivity contribution in [1.29, 1.82) is 0 Å². The van der Waals surface area contributed by atoms with Crippen molar-refractivity contribution < 1.29 is 35.5 Å². The molecule has 0 saturated heterocycles. The summed E-state index contributed by atoms with van der Waals surface area (Å²) in [5, 5.41) is 0. The van der Waals surface area contributed by atoms with Crippen molar-refractivity contribution in [3.8, 4) is 16.9 Å². The molecule has 0 unspecified atom stereocenters. The van der Waals surface area contributed by atoms with E-state index in [-0.39, 0.29) is 11.1 Å². The van der Waals surface area contributed by atoms with Crippen LogP contribution in [0.3, 0.4) is 0 Å². The Morgan fingerprint density at radius 1 is 0.818 bits per heavy atom. The Kier molecular flexibility index (Phi) is 4.04. The van der Waals surface area contributed by atoms with Crippen molar-refractivity contribution in [2.24, 2.45) is 0 Å². The standard InChI is InChI=1S/C14H7F7O/c15-11-7-8(5-6-10(11)13(16,17)18)9-3-1-2-4-12(9)22-14(19,20)21/h1-7H. The van der Waals surface area contributed by atoms with Crippen LogP contribution in [0, 0.1) is 5.82 Å². The first-order valence-electron chi connectivity index (χ1n) is 5.80. The van der Waals surface area contributed by atoms with Gasteiger partial charge in [0, 0.05) is 5.56 Å². The first kappa shape index (κ1) is 16.1. The third kappa shape index (κ3) is 3.69. The van der Waals surface area contributed by atoms with Crippen LogP contribution in [-0.4, -0.2) is 6.36 Å². The molecule has 0 radical (unpaired) electrons. The van der Waals surface area contributed by atoms with Crippen LogP contribution in [0.4, 0.5) is 30.7 Å². The summed E-state index contributed by atoms with van der Waals surface area (Å²) in [6.07, 6.45) is -9.86. The quantitative estimate of drug-likeness (QED) is 0.671. The van der Waals surface area contributed by atoms with Crippen molar-refractivity contribution in [2.45, 2.75) is 12.5 Å².